The Hall–Kier alpha value is -4.74. The molecule has 1 aliphatic rings. The maximum Gasteiger partial charge on any atom is 0.239 e. The van der Waals surface area contributed by atoms with Crippen LogP contribution in [-0.4, -0.2) is 62.7 Å². The molecule has 4 aromatic rings. The predicted molar refractivity (Wildman–Crippen MR) is 161 cm³/mol. The van der Waals surface area contributed by atoms with Crippen LogP contribution in [0, 0.1) is 6.92 Å². The number of nitrogens with zero attached hydrogens (tertiary/aromatic N) is 4. The first-order valence-corrected chi connectivity index (χ1v) is 14.0. The summed E-state index contributed by atoms with van der Waals surface area (Å²) >= 11 is 6.16. The van der Waals surface area contributed by atoms with E-state index in [2.05, 4.69) is 20.8 Å². The number of amides is 2. The number of nitrogens with one attached hydrogen (secondary N) is 2. The van der Waals surface area contributed by atoms with Crippen LogP contribution >= 0.6 is 11.6 Å². The van der Waals surface area contributed by atoms with Crippen LogP contribution < -0.4 is 15.4 Å². The summed E-state index contributed by atoms with van der Waals surface area (Å²) < 4.78 is 7.38. The fourth-order valence-corrected chi connectivity index (χ4v) is 5.04. The number of halogens is 1. The molecule has 1 aromatic heterocycles. The van der Waals surface area contributed by atoms with E-state index in [4.69, 9.17) is 21.3 Å². The van der Waals surface area contributed by atoms with Gasteiger partial charge in [0.1, 0.15) is 23.4 Å². The maximum absolute atomic E-state index is 13.1. The molecule has 0 saturated heterocycles. The van der Waals surface area contributed by atoms with Gasteiger partial charge in [-0.05, 0) is 55.3 Å². The number of aliphatic hydroxyl groups is 1. The largest absolute Gasteiger partial charge is 0.508 e. The second kappa shape index (κ2) is 13.1. The van der Waals surface area contributed by atoms with Crippen molar-refractivity contribution in [3.63, 3.8) is 0 Å². The van der Waals surface area contributed by atoms with Gasteiger partial charge in [-0.15, -0.1) is 10.2 Å². The van der Waals surface area contributed by atoms with Crippen molar-refractivity contribution in [2.45, 2.75) is 32.4 Å². The lowest BCUT2D eigenvalue weighted by molar-refractivity contribution is -0.126. The summed E-state index contributed by atoms with van der Waals surface area (Å²) in [5.41, 5.74) is 4.27. The lowest BCUT2D eigenvalue weighted by Crippen LogP contribution is -2.38. The van der Waals surface area contributed by atoms with Gasteiger partial charge in [0.25, 0.3) is 0 Å². The zero-order valence-corrected chi connectivity index (χ0v) is 24.4. The van der Waals surface area contributed by atoms with E-state index in [0.717, 1.165) is 22.4 Å². The summed E-state index contributed by atoms with van der Waals surface area (Å²) in [6.45, 7) is 1.68. The van der Waals surface area contributed by atoms with Crippen molar-refractivity contribution < 1.29 is 24.5 Å². The summed E-state index contributed by atoms with van der Waals surface area (Å²) in [5.74, 6) is 1.07. The van der Waals surface area contributed by atoms with Gasteiger partial charge in [0.2, 0.25) is 11.8 Å². The Bertz CT molecular complexity index is 1680. The van der Waals surface area contributed by atoms with Gasteiger partial charge in [-0.1, -0.05) is 35.9 Å². The standard InChI is InChI=1S/C31H31ClN6O5/c1-18-36-37-31-25(15-28(41)34-16-29(42)33-12-11-19-3-4-21(17-39)27(40)13-19)35-30(20-5-7-22(32)8-6-20)24-14-23(43-2)9-10-26(24)38(18)31/h3-10,13-14,25,39-40H,11-12,15-17H2,1-2H3,(H,33,42)(H,34,41)/t25-/m0/s1. The van der Waals surface area contributed by atoms with Crippen molar-refractivity contribution in [3.05, 3.63) is 99.6 Å². The molecule has 0 aliphatic carbocycles. The van der Waals surface area contributed by atoms with E-state index in [9.17, 15) is 19.8 Å². The fraction of sp³-hybridized carbons (Fsp3) is 0.258. The molecule has 0 unspecified atom stereocenters. The van der Waals surface area contributed by atoms with Crippen molar-refractivity contribution in [1.82, 2.24) is 25.4 Å². The van der Waals surface area contributed by atoms with E-state index in [1.165, 1.54) is 0 Å². The van der Waals surface area contributed by atoms with Gasteiger partial charge in [-0.2, -0.15) is 0 Å². The summed E-state index contributed by atoms with van der Waals surface area (Å²) in [6.07, 6.45) is 0.410. The number of methoxy groups -OCH3 is 1. The third-order valence-corrected chi connectivity index (χ3v) is 7.38. The Morgan fingerprint density at radius 2 is 1.81 bits per heavy atom. The number of phenols is 1. The van der Waals surface area contributed by atoms with Crippen molar-refractivity contribution in [2.75, 3.05) is 20.2 Å². The van der Waals surface area contributed by atoms with Crippen molar-refractivity contribution >= 4 is 29.1 Å². The molecule has 3 aromatic carbocycles. The van der Waals surface area contributed by atoms with Crippen molar-refractivity contribution in [1.29, 1.82) is 0 Å². The van der Waals surface area contributed by atoms with Crippen LogP contribution in [0.3, 0.4) is 0 Å². The van der Waals surface area contributed by atoms with Crippen molar-refractivity contribution in [2.24, 2.45) is 4.99 Å². The van der Waals surface area contributed by atoms with Crippen LogP contribution in [0.4, 0.5) is 0 Å². The predicted octanol–water partition coefficient (Wildman–Crippen LogP) is 3.19. The van der Waals surface area contributed by atoms with Gasteiger partial charge in [-0.3, -0.25) is 19.1 Å². The average molecular weight is 603 g/mol. The zero-order valence-electron chi connectivity index (χ0n) is 23.7. The molecule has 1 atom stereocenters. The molecule has 43 heavy (non-hydrogen) atoms. The number of aliphatic hydroxyl groups excluding tert-OH is 1. The van der Waals surface area contributed by atoms with E-state index in [0.29, 0.717) is 46.7 Å². The summed E-state index contributed by atoms with van der Waals surface area (Å²) in [4.78, 5) is 30.6. The second-order valence-electron chi connectivity index (χ2n) is 10.0. The lowest BCUT2D eigenvalue weighted by atomic mass is 10.00. The summed E-state index contributed by atoms with van der Waals surface area (Å²) in [7, 11) is 1.59. The number of aliphatic imine (C=N–C) groups is 1. The minimum atomic E-state index is -0.692. The molecule has 5 rings (SSSR count). The minimum Gasteiger partial charge on any atom is -0.508 e. The lowest BCUT2D eigenvalue weighted by Gasteiger charge is -2.14. The summed E-state index contributed by atoms with van der Waals surface area (Å²) in [6, 6.07) is 17.2. The van der Waals surface area contributed by atoms with E-state index >= 15 is 0 Å². The Labute approximate surface area is 253 Å². The number of rotatable bonds is 10. The molecular weight excluding hydrogens is 572 g/mol. The van der Waals surface area contributed by atoms with Crippen LogP contribution in [0.15, 0.2) is 65.7 Å². The highest BCUT2D eigenvalue weighted by atomic mass is 35.5. The number of aryl methyl sites for hydroxylation is 1. The number of carbonyl (C=O) groups excluding carboxylic acids is 2. The van der Waals surface area contributed by atoms with Gasteiger partial charge in [0.05, 0.1) is 38.1 Å². The molecule has 0 fully saturated rings. The monoisotopic (exact) mass is 602 g/mol. The Morgan fingerprint density at radius 3 is 2.53 bits per heavy atom. The van der Waals surface area contributed by atoms with E-state index < -0.39 is 6.04 Å². The van der Waals surface area contributed by atoms with Crippen molar-refractivity contribution in [3.8, 4) is 17.2 Å². The molecule has 1 aliphatic heterocycles. The SMILES string of the molecule is COc1ccc2c(c1)C(c1ccc(Cl)cc1)=N[C@@H](CC(=O)NCC(=O)NCCc1ccc(CO)c(O)c1)c1nnc(C)n1-2. The highest BCUT2D eigenvalue weighted by Crippen LogP contribution is 2.34. The maximum atomic E-state index is 13.1. The van der Waals surface area contributed by atoms with Gasteiger partial charge >= 0.3 is 0 Å². The number of hydrogen-bond acceptors (Lipinski definition) is 8. The number of aromatic hydroxyl groups is 1. The van der Waals surface area contributed by atoms with E-state index in [1.807, 2.05) is 41.8 Å². The molecule has 0 spiro atoms. The first kappa shape index (κ1) is 29.7. The van der Waals surface area contributed by atoms with E-state index in [-0.39, 0.29) is 37.1 Å². The number of ether oxygens (including phenoxy) is 1. The molecule has 0 bridgehead atoms. The first-order valence-electron chi connectivity index (χ1n) is 13.7. The number of carbonyl (C=O) groups is 2. The highest BCUT2D eigenvalue weighted by molar-refractivity contribution is 6.30. The Balaban J connectivity index is 1.31. The molecule has 12 heteroatoms. The van der Waals surface area contributed by atoms with Crippen LogP contribution in [0.1, 0.15) is 46.4 Å². The topological polar surface area (TPSA) is 151 Å². The molecule has 11 nitrogen and oxygen atoms in total. The molecular formula is C31H31ClN6O5. The number of hydrogen-bond donors (Lipinski definition) is 4. The van der Waals surface area contributed by atoms with Gasteiger partial charge < -0.3 is 25.6 Å². The Morgan fingerprint density at radius 1 is 1.02 bits per heavy atom. The molecule has 2 amide bonds. The number of fused-ring (bicyclic) bond motifs is 3. The smallest absolute Gasteiger partial charge is 0.239 e. The fourth-order valence-electron chi connectivity index (χ4n) is 4.91. The van der Waals surface area contributed by atoms with Crippen LogP contribution in [-0.2, 0) is 22.6 Å². The zero-order chi connectivity index (χ0) is 30.5. The van der Waals surface area contributed by atoms with Gasteiger partial charge in [0.15, 0.2) is 5.82 Å². The summed E-state index contributed by atoms with van der Waals surface area (Å²) in [5, 5.41) is 33.8. The highest BCUT2D eigenvalue weighted by Gasteiger charge is 2.30. The first-order chi connectivity index (χ1) is 20.8. The second-order valence-corrected chi connectivity index (χ2v) is 10.5. The minimum absolute atomic E-state index is 0.00671. The molecule has 0 saturated carbocycles. The quantitative estimate of drug-likeness (QED) is 0.218. The van der Waals surface area contributed by atoms with Crippen LogP contribution in [0.25, 0.3) is 5.69 Å². The third kappa shape index (κ3) is 6.68. The number of aromatic nitrogens is 3. The Kier molecular flexibility index (Phi) is 9.03. The average Bonchev–Trinajstić information content (AvgIpc) is 3.33. The molecule has 222 valence electrons. The normalized spacial score (nSPS) is 13.8. The van der Waals surface area contributed by atoms with Gasteiger partial charge in [-0.25, -0.2) is 0 Å². The number of benzene rings is 3. The third-order valence-electron chi connectivity index (χ3n) is 7.13. The molecule has 2 heterocycles. The van der Waals surface area contributed by atoms with Crippen LogP contribution in [0.2, 0.25) is 5.02 Å². The van der Waals surface area contributed by atoms with E-state index in [1.54, 1.807) is 37.4 Å². The van der Waals surface area contributed by atoms with Crippen LogP contribution in [0.5, 0.6) is 11.5 Å². The molecule has 0 radical (unpaired) electrons. The van der Waals surface area contributed by atoms with Gasteiger partial charge in [0, 0.05) is 28.3 Å². The molecule has 4 N–H and O–H groups in total.